The van der Waals surface area contributed by atoms with Gasteiger partial charge in [0.05, 0.1) is 19.0 Å². The van der Waals surface area contributed by atoms with Crippen molar-refractivity contribution in [1.82, 2.24) is 19.8 Å². The first kappa shape index (κ1) is 21.4. The van der Waals surface area contributed by atoms with E-state index in [0.717, 1.165) is 58.1 Å². The Labute approximate surface area is 173 Å². The summed E-state index contributed by atoms with van der Waals surface area (Å²) < 4.78 is 7.66. The second kappa shape index (κ2) is 9.89. The Morgan fingerprint density at radius 3 is 2.81 bits per heavy atom. The zero-order valence-corrected chi connectivity index (χ0v) is 18.1. The first-order valence-electron chi connectivity index (χ1n) is 9.29. The van der Waals surface area contributed by atoms with Gasteiger partial charge in [0.2, 0.25) is 0 Å². The van der Waals surface area contributed by atoms with Crippen LogP contribution in [0.15, 0.2) is 23.7 Å². The Hall–Kier alpha value is -0.870. The Morgan fingerprint density at radius 1 is 1.42 bits per heavy atom. The minimum atomic E-state index is -0.0962. The van der Waals surface area contributed by atoms with Gasteiger partial charge in [0.25, 0.3) is 0 Å². The summed E-state index contributed by atoms with van der Waals surface area (Å²) in [6.45, 7) is 6.61. The van der Waals surface area contributed by atoms with Crippen LogP contribution in [-0.2, 0) is 4.74 Å². The molecule has 7 nitrogen and oxygen atoms in total. The Morgan fingerprint density at radius 2 is 2.19 bits per heavy atom. The molecule has 2 N–H and O–H groups in total. The lowest BCUT2D eigenvalue weighted by Crippen LogP contribution is -2.52. The zero-order chi connectivity index (χ0) is 17.7. The number of aliphatic imine (C=N–C) groups is 1. The molecule has 0 saturated carbocycles. The molecule has 26 heavy (non-hydrogen) atoms. The Balaban J connectivity index is 0.00000243. The summed E-state index contributed by atoms with van der Waals surface area (Å²) in [4.78, 5) is 11.0. The van der Waals surface area contributed by atoms with Crippen LogP contribution in [-0.4, -0.2) is 72.0 Å². The Bertz CT molecular complexity index is 560. The number of guanidine groups is 1. The highest BCUT2D eigenvalue weighted by Crippen LogP contribution is 2.30. The lowest BCUT2D eigenvalue weighted by molar-refractivity contribution is -0.0135. The maximum Gasteiger partial charge on any atom is 0.193 e. The summed E-state index contributed by atoms with van der Waals surface area (Å²) in [5, 5.41) is 13.4. The van der Waals surface area contributed by atoms with E-state index in [0.29, 0.717) is 12.0 Å². The van der Waals surface area contributed by atoms with E-state index in [1.54, 1.807) is 0 Å². The average molecular weight is 477 g/mol. The van der Waals surface area contributed by atoms with Crippen LogP contribution in [0, 0.1) is 11.3 Å². The third kappa shape index (κ3) is 4.89. The van der Waals surface area contributed by atoms with Crippen molar-refractivity contribution in [2.75, 3.05) is 46.5 Å². The van der Waals surface area contributed by atoms with E-state index in [4.69, 9.17) is 4.74 Å². The van der Waals surface area contributed by atoms with E-state index in [1.807, 2.05) is 25.8 Å². The molecule has 0 spiro atoms. The molecule has 0 aliphatic carbocycles. The SMILES string of the molecule is CN=C(NCC1(CO)CCOCC1)N1CCC(C)C(n2ccnc2)C1.I. The van der Waals surface area contributed by atoms with Gasteiger partial charge in [0.1, 0.15) is 0 Å². The molecule has 1 aromatic rings. The summed E-state index contributed by atoms with van der Waals surface area (Å²) in [6.07, 6.45) is 8.70. The van der Waals surface area contributed by atoms with E-state index in [9.17, 15) is 5.11 Å². The molecule has 0 amide bonds. The number of piperidine rings is 1. The Kier molecular flexibility index (Phi) is 8.15. The molecular formula is C18H32IN5O2. The standard InChI is InChI=1S/C18H31N5O2.HI/c1-15-3-7-22(11-16(15)23-8-6-20-14-23)17(19-2)21-12-18(13-24)4-9-25-10-5-18;/h6,8,14-16,24H,3-5,7,9-13H2,1-2H3,(H,19,21);1H. The van der Waals surface area contributed by atoms with E-state index in [-0.39, 0.29) is 36.0 Å². The molecule has 2 saturated heterocycles. The molecule has 3 rings (SSSR count). The number of aromatic nitrogens is 2. The van der Waals surface area contributed by atoms with Crippen molar-refractivity contribution in [3.8, 4) is 0 Å². The summed E-state index contributed by atoms with van der Waals surface area (Å²) in [5.41, 5.74) is -0.0962. The highest BCUT2D eigenvalue weighted by Gasteiger charge is 2.34. The van der Waals surface area contributed by atoms with Gasteiger partial charge in [-0.2, -0.15) is 0 Å². The zero-order valence-electron chi connectivity index (χ0n) is 15.8. The van der Waals surface area contributed by atoms with Gasteiger partial charge in [-0.25, -0.2) is 4.98 Å². The van der Waals surface area contributed by atoms with Crippen molar-refractivity contribution in [1.29, 1.82) is 0 Å². The highest BCUT2D eigenvalue weighted by atomic mass is 127. The number of imidazole rings is 1. The fourth-order valence-electron chi connectivity index (χ4n) is 3.89. The van der Waals surface area contributed by atoms with Gasteiger partial charge >= 0.3 is 0 Å². The van der Waals surface area contributed by atoms with Crippen LogP contribution in [0.2, 0.25) is 0 Å². The van der Waals surface area contributed by atoms with Gasteiger partial charge in [-0.05, 0) is 25.2 Å². The molecule has 2 atom stereocenters. The third-order valence-electron chi connectivity index (χ3n) is 5.85. The normalized spacial score (nSPS) is 26.3. The van der Waals surface area contributed by atoms with Crippen LogP contribution in [0.1, 0.15) is 32.2 Å². The minimum Gasteiger partial charge on any atom is -0.396 e. The van der Waals surface area contributed by atoms with Crippen molar-refractivity contribution in [2.45, 2.75) is 32.2 Å². The lowest BCUT2D eigenvalue weighted by atomic mass is 9.81. The predicted octanol–water partition coefficient (Wildman–Crippen LogP) is 1.75. The van der Waals surface area contributed by atoms with E-state index in [2.05, 4.69) is 31.7 Å². The van der Waals surface area contributed by atoms with Crippen molar-refractivity contribution < 1.29 is 9.84 Å². The van der Waals surface area contributed by atoms with Crippen molar-refractivity contribution in [3.05, 3.63) is 18.7 Å². The lowest BCUT2D eigenvalue weighted by Gasteiger charge is -2.41. The molecule has 8 heteroatoms. The topological polar surface area (TPSA) is 74.9 Å². The molecule has 1 aromatic heterocycles. The molecule has 2 aliphatic heterocycles. The summed E-state index contributed by atoms with van der Waals surface area (Å²) in [7, 11) is 1.84. The molecule has 2 aliphatic rings. The second-order valence-electron chi connectivity index (χ2n) is 7.46. The highest BCUT2D eigenvalue weighted by molar-refractivity contribution is 14.0. The number of likely N-dealkylation sites (tertiary alicyclic amines) is 1. The molecule has 0 aromatic carbocycles. The van der Waals surface area contributed by atoms with Gasteiger partial charge in [-0.3, -0.25) is 4.99 Å². The second-order valence-corrected chi connectivity index (χ2v) is 7.46. The van der Waals surface area contributed by atoms with E-state index >= 15 is 0 Å². The summed E-state index contributed by atoms with van der Waals surface area (Å²) >= 11 is 0. The number of hydrogen-bond donors (Lipinski definition) is 2. The maximum absolute atomic E-state index is 9.88. The number of halogens is 1. The first-order valence-corrected chi connectivity index (χ1v) is 9.29. The molecular weight excluding hydrogens is 445 g/mol. The number of rotatable bonds is 4. The van der Waals surface area contributed by atoms with Gasteiger partial charge in [0, 0.05) is 57.7 Å². The monoisotopic (exact) mass is 477 g/mol. The fraction of sp³-hybridized carbons (Fsp3) is 0.778. The van der Waals surface area contributed by atoms with Crippen LogP contribution in [0.3, 0.4) is 0 Å². The number of aliphatic hydroxyl groups excluding tert-OH is 1. The van der Waals surface area contributed by atoms with Crippen LogP contribution >= 0.6 is 24.0 Å². The molecule has 2 fully saturated rings. The maximum atomic E-state index is 9.88. The smallest absolute Gasteiger partial charge is 0.193 e. The molecule has 148 valence electrons. The van der Waals surface area contributed by atoms with Crippen LogP contribution in [0.5, 0.6) is 0 Å². The van der Waals surface area contributed by atoms with Crippen LogP contribution in [0.4, 0.5) is 0 Å². The predicted molar refractivity (Wildman–Crippen MR) is 113 cm³/mol. The number of nitrogens with zero attached hydrogens (tertiary/aromatic N) is 4. The first-order chi connectivity index (χ1) is 12.2. The number of ether oxygens (including phenoxy) is 1. The van der Waals surface area contributed by atoms with Gasteiger partial charge in [-0.1, -0.05) is 6.92 Å². The fourth-order valence-corrected chi connectivity index (χ4v) is 3.89. The van der Waals surface area contributed by atoms with Crippen LogP contribution in [0.25, 0.3) is 0 Å². The molecule has 0 radical (unpaired) electrons. The van der Waals surface area contributed by atoms with Gasteiger partial charge < -0.3 is 24.6 Å². The molecule has 3 heterocycles. The third-order valence-corrected chi connectivity index (χ3v) is 5.85. The summed E-state index contributed by atoms with van der Waals surface area (Å²) in [6, 6.07) is 0.407. The van der Waals surface area contributed by atoms with Crippen molar-refractivity contribution in [2.24, 2.45) is 16.3 Å². The molecule has 2 unspecified atom stereocenters. The quantitative estimate of drug-likeness (QED) is 0.393. The molecule has 0 bridgehead atoms. The minimum absolute atomic E-state index is 0. The largest absolute Gasteiger partial charge is 0.396 e. The number of nitrogens with one attached hydrogen (secondary N) is 1. The average Bonchev–Trinajstić information content (AvgIpc) is 3.18. The van der Waals surface area contributed by atoms with E-state index < -0.39 is 0 Å². The summed E-state index contributed by atoms with van der Waals surface area (Å²) in [5.74, 6) is 1.54. The van der Waals surface area contributed by atoms with Gasteiger partial charge in [0.15, 0.2) is 5.96 Å². The number of hydrogen-bond acceptors (Lipinski definition) is 4. The number of aliphatic hydroxyl groups is 1. The van der Waals surface area contributed by atoms with E-state index in [1.165, 1.54) is 0 Å². The van der Waals surface area contributed by atoms with Crippen molar-refractivity contribution >= 4 is 29.9 Å². The van der Waals surface area contributed by atoms with Crippen molar-refractivity contribution in [3.63, 3.8) is 0 Å². The van der Waals surface area contributed by atoms with Gasteiger partial charge in [-0.15, -0.1) is 24.0 Å². The van der Waals surface area contributed by atoms with Crippen LogP contribution < -0.4 is 5.32 Å².